The summed E-state index contributed by atoms with van der Waals surface area (Å²) < 4.78 is 6.11. The Kier molecular flexibility index (Phi) is 5.29. The minimum Gasteiger partial charge on any atom is -0.478 e. The third-order valence-electron chi connectivity index (χ3n) is 7.51. The molecule has 0 unspecified atom stereocenters. The van der Waals surface area contributed by atoms with Crippen molar-refractivity contribution >= 4 is 27.4 Å². The summed E-state index contributed by atoms with van der Waals surface area (Å²) in [6.45, 7) is 3.13. The van der Waals surface area contributed by atoms with Crippen molar-refractivity contribution in [1.29, 1.82) is 0 Å². The molecule has 0 amide bonds. The number of hydrogen-bond donors (Lipinski definition) is 0. The van der Waals surface area contributed by atoms with Crippen molar-refractivity contribution in [2.75, 3.05) is 13.2 Å². The molecule has 0 bridgehead atoms. The predicted molar refractivity (Wildman–Crippen MR) is 148 cm³/mol. The zero-order valence-corrected chi connectivity index (χ0v) is 20.2. The molecule has 3 heteroatoms. The highest BCUT2D eigenvalue weighted by molar-refractivity contribution is 6.08. The lowest BCUT2D eigenvalue weighted by Gasteiger charge is -2.20. The number of rotatable bonds is 4. The third-order valence-corrected chi connectivity index (χ3v) is 7.51. The minimum atomic E-state index is 0.196. The van der Waals surface area contributed by atoms with Crippen LogP contribution >= 0.6 is 0 Å². The fourth-order valence-electron chi connectivity index (χ4n) is 5.88. The Morgan fingerprint density at radius 1 is 0.667 bits per heavy atom. The maximum atomic E-state index is 6.11. The molecule has 1 atom stereocenters. The van der Waals surface area contributed by atoms with E-state index >= 15 is 0 Å². The molecule has 5 aromatic rings. The Morgan fingerprint density at radius 2 is 1.25 bits per heavy atom. The monoisotopic (exact) mass is 468 g/mol. The van der Waals surface area contributed by atoms with Gasteiger partial charge < -0.3 is 4.74 Å². The molecule has 0 spiro atoms. The first-order valence-corrected chi connectivity index (χ1v) is 12.8. The molecule has 0 saturated carbocycles. The average Bonchev–Trinajstić information content (AvgIpc) is 3.28. The molecule has 0 fully saturated rings. The lowest BCUT2D eigenvalue weighted by atomic mass is 9.88. The van der Waals surface area contributed by atoms with Crippen molar-refractivity contribution < 1.29 is 4.74 Å². The van der Waals surface area contributed by atoms with Crippen molar-refractivity contribution in [3.8, 4) is 11.1 Å². The van der Waals surface area contributed by atoms with Gasteiger partial charge in [0.15, 0.2) is 5.90 Å². The summed E-state index contributed by atoms with van der Waals surface area (Å²) in [5.74, 6) is 0.863. The van der Waals surface area contributed by atoms with Crippen molar-refractivity contribution in [1.82, 2.24) is 4.90 Å². The van der Waals surface area contributed by atoms with E-state index in [9.17, 15) is 0 Å². The summed E-state index contributed by atoms with van der Waals surface area (Å²) in [6.07, 6.45) is 0.925. The minimum absolute atomic E-state index is 0.196. The first-order chi connectivity index (χ1) is 17.8. The molecule has 2 aliphatic heterocycles. The highest BCUT2D eigenvalue weighted by Gasteiger charge is 2.26. The molecular weight excluding hydrogens is 440 g/mol. The Morgan fingerprint density at radius 3 is 1.89 bits per heavy atom. The fourth-order valence-corrected chi connectivity index (χ4v) is 5.88. The van der Waals surface area contributed by atoms with Gasteiger partial charge in [0.05, 0.1) is 12.6 Å². The van der Waals surface area contributed by atoms with Crippen molar-refractivity contribution in [3.05, 3.63) is 120 Å². The molecule has 0 aromatic heterocycles. The van der Waals surface area contributed by atoms with Crippen LogP contribution in [-0.4, -0.2) is 30.0 Å². The van der Waals surface area contributed by atoms with Gasteiger partial charge in [-0.3, -0.25) is 4.90 Å². The number of ether oxygens (including phenoxy) is 1. The molecule has 0 saturated heterocycles. The van der Waals surface area contributed by atoms with E-state index in [2.05, 4.69) is 108 Å². The van der Waals surface area contributed by atoms with Crippen LogP contribution in [0.3, 0.4) is 0 Å². The molecule has 0 aliphatic carbocycles. The van der Waals surface area contributed by atoms with Crippen LogP contribution in [0.4, 0.5) is 0 Å². The van der Waals surface area contributed by atoms with E-state index in [0.29, 0.717) is 6.61 Å². The normalized spacial score (nSPS) is 17.3. The number of aliphatic imine (C=N–C) groups is 1. The zero-order chi connectivity index (χ0) is 23.9. The molecule has 5 aromatic carbocycles. The highest BCUT2D eigenvalue weighted by atomic mass is 16.5. The van der Waals surface area contributed by atoms with Crippen LogP contribution < -0.4 is 0 Å². The van der Waals surface area contributed by atoms with E-state index < -0.39 is 0 Å². The van der Waals surface area contributed by atoms with E-state index in [4.69, 9.17) is 9.73 Å². The molecular formula is C33H28N2O. The highest BCUT2D eigenvalue weighted by Crippen LogP contribution is 2.42. The van der Waals surface area contributed by atoms with E-state index in [1.807, 2.05) is 0 Å². The van der Waals surface area contributed by atoms with Crippen LogP contribution in [0.15, 0.2) is 108 Å². The summed E-state index contributed by atoms with van der Waals surface area (Å²) in [7, 11) is 0. The quantitative estimate of drug-likeness (QED) is 0.283. The third kappa shape index (κ3) is 3.86. The van der Waals surface area contributed by atoms with Gasteiger partial charge in [-0.2, -0.15) is 0 Å². The summed E-state index contributed by atoms with van der Waals surface area (Å²) in [4.78, 5) is 7.46. The maximum Gasteiger partial charge on any atom is 0.198 e. The van der Waals surface area contributed by atoms with Crippen molar-refractivity contribution in [2.24, 2.45) is 4.99 Å². The van der Waals surface area contributed by atoms with Gasteiger partial charge in [0.25, 0.3) is 0 Å². The Balaban J connectivity index is 1.28. The van der Waals surface area contributed by atoms with Gasteiger partial charge in [0, 0.05) is 13.1 Å². The zero-order valence-electron chi connectivity index (χ0n) is 20.2. The molecule has 0 N–H and O–H groups in total. The fraction of sp³-hybridized carbons (Fsp3) is 0.182. The van der Waals surface area contributed by atoms with Crippen LogP contribution in [0, 0.1) is 0 Å². The molecule has 7 rings (SSSR count). The number of benzene rings is 5. The van der Waals surface area contributed by atoms with Gasteiger partial charge in [-0.05, 0) is 55.8 Å². The van der Waals surface area contributed by atoms with Gasteiger partial charge in [0.1, 0.15) is 6.61 Å². The van der Waals surface area contributed by atoms with Crippen molar-refractivity contribution in [3.63, 3.8) is 0 Å². The van der Waals surface area contributed by atoms with Crippen LogP contribution in [0.2, 0.25) is 0 Å². The van der Waals surface area contributed by atoms with Gasteiger partial charge in [-0.1, -0.05) is 103 Å². The second kappa shape index (κ2) is 8.92. The first kappa shape index (κ1) is 21.3. The Bertz CT molecular complexity index is 1520. The number of hydrogen-bond acceptors (Lipinski definition) is 3. The largest absolute Gasteiger partial charge is 0.478 e. The second-order valence-electron chi connectivity index (χ2n) is 9.96. The lowest BCUT2D eigenvalue weighted by Crippen LogP contribution is -2.28. The summed E-state index contributed by atoms with van der Waals surface area (Å²) in [5.41, 5.74) is 6.79. The molecule has 176 valence electrons. The number of nitrogens with zero attached hydrogens (tertiary/aromatic N) is 2. The first-order valence-electron chi connectivity index (χ1n) is 12.8. The van der Waals surface area contributed by atoms with E-state index in [1.165, 1.54) is 49.4 Å². The molecule has 36 heavy (non-hydrogen) atoms. The Hall–Kier alpha value is -3.95. The molecule has 3 nitrogen and oxygen atoms in total. The summed E-state index contributed by atoms with van der Waals surface area (Å²) in [6, 6.07) is 37.5. The van der Waals surface area contributed by atoms with E-state index in [1.54, 1.807) is 0 Å². The number of fused-ring (bicyclic) bond motifs is 7. The second-order valence-corrected chi connectivity index (χ2v) is 9.96. The van der Waals surface area contributed by atoms with Gasteiger partial charge in [0.2, 0.25) is 0 Å². The SMILES string of the molecule is c1ccc(C[C@H]2COC(CN3Cc4ccc5ccccc5c4-c4c(ccc5ccccc45)C3)=N2)cc1. The van der Waals surface area contributed by atoms with E-state index in [-0.39, 0.29) is 6.04 Å². The predicted octanol–water partition coefficient (Wildman–Crippen LogP) is 7.02. The topological polar surface area (TPSA) is 24.8 Å². The van der Waals surface area contributed by atoms with Crippen LogP contribution in [-0.2, 0) is 24.2 Å². The van der Waals surface area contributed by atoms with Gasteiger partial charge in [-0.25, -0.2) is 4.99 Å². The van der Waals surface area contributed by atoms with Crippen molar-refractivity contribution in [2.45, 2.75) is 25.6 Å². The van der Waals surface area contributed by atoms with Crippen LogP contribution in [0.25, 0.3) is 32.7 Å². The molecule has 2 aliphatic rings. The van der Waals surface area contributed by atoms with E-state index in [0.717, 1.165) is 32.0 Å². The van der Waals surface area contributed by atoms with Gasteiger partial charge >= 0.3 is 0 Å². The van der Waals surface area contributed by atoms with Gasteiger partial charge in [-0.15, -0.1) is 0 Å². The smallest absolute Gasteiger partial charge is 0.198 e. The Labute approximate surface area is 211 Å². The van der Waals surface area contributed by atoms with Crippen LogP contribution in [0.1, 0.15) is 16.7 Å². The standard InChI is InChI=1S/C33H28N2O/c1-2-8-23(9-3-1)18-28-22-36-31(34-28)21-35-19-26-16-14-24-10-4-6-12-29(24)32(26)33-27(20-35)17-15-25-11-5-7-13-30(25)33/h1-17,28H,18-22H2/t28-/m0/s1. The average molecular weight is 469 g/mol. The summed E-state index contributed by atoms with van der Waals surface area (Å²) >= 11 is 0. The summed E-state index contributed by atoms with van der Waals surface area (Å²) in [5, 5.41) is 5.23. The maximum absolute atomic E-state index is 6.11. The van der Waals surface area contributed by atoms with Crippen LogP contribution in [0.5, 0.6) is 0 Å². The molecule has 2 heterocycles. The molecule has 0 radical (unpaired) electrons. The lowest BCUT2D eigenvalue weighted by molar-refractivity contribution is 0.255.